The molecule has 0 aromatic rings. The van der Waals surface area contributed by atoms with Crippen LogP contribution in [0.3, 0.4) is 0 Å². The molecule has 1 aliphatic heterocycles. The normalized spacial score (nSPS) is 29.5. The fourth-order valence-corrected chi connectivity index (χ4v) is 1.90. The largest absolute Gasteiger partial charge is 0.394 e. The van der Waals surface area contributed by atoms with Gasteiger partial charge in [0.05, 0.1) is 6.61 Å². The number of aliphatic hydroxyl groups excluding tert-OH is 1. The lowest BCUT2D eigenvalue weighted by atomic mass is 9.86. The average molecular weight is 186 g/mol. The highest BCUT2D eigenvalue weighted by Gasteiger charge is 2.30. The van der Waals surface area contributed by atoms with Gasteiger partial charge in [0.1, 0.15) is 0 Å². The van der Waals surface area contributed by atoms with Crippen molar-refractivity contribution in [2.24, 2.45) is 0 Å². The predicted octanol–water partition coefficient (Wildman–Crippen LogP) is 0.443. The number of hydrogen-bond donors (Lipinski definition) is 2. The number of nitrogens with zero attached hydrogens (tertiary/aromatic N) is 1. The summed E-state index contributed by atoms with van der Waals surface area (Å²) in [4.78, 5) is 2.17. The maximum Gasteiger partial charge on any atom is 0.0613 e. The maximum absolute atomic E-state index is 9.37. The molecule has 0 radical (unpaired) electrons. The van der Waals surface area contributed by atoms with Crippen LogP contribution in [0.1, 0.15) is 25.7 Å². The quantitative estimate of drug-likeness (QED) is 0.669. The van der Waals surface area contributed by atoms with Crippen LogP contribution in [0.5, 0.6) is 0 Å². The Morgan fingerprint density at radius 2 is 2.15 bits per heavy atom. The maximum atomic E-state index is 9.37. The van der Waals surface area contributed by atoms with Crippen molar-refractivity contribution in [3.63, 3.8) is 0 Å². The first-order valence-corrected chi connectivity index (χ1v) is 5.19. The van der Waals surface area contributed by atoms with Gasteiger partial charge >= 0.3 is 0 Å². The highest BCUT2D eigenvalue weighted by molar-refractivity contribution is 4.90. The van der Waals surface area contributed by atoms with Crippen LogP contribution in [0.2, 0.25) is 0 Å². The van der Waals surface area contributed by atoms with E-state index in [0.29, 0.717) is 0 Å². The summed E-state index contributed by atoms with van der Waals surface area (Å²) < 4.78 is 0. The van der Waals surface area contributed by atoms with Crippen LogP contribution in [-0.2, 0) is 0 Å². The van der Waals surface area contributed by atoms with Crippen molar-refractivity contribution in [1.29, 1.82) is 0 Å². The van der Waals surface area contributed by atoms with E-state index < -0.39 is 0 Å². The van der Waals surface area contributed by atoms with Crippen molar-refractivity contribution in [2.75, 3.05) is 33.8 Å². The van der Waals surface area contributed by atoms with E-state index in [2.05, 4.69) is 24.3 Å². The number of hydrogen-bond acceptors (Lipinski definition) is 3. The predicted molar refractivity (Wildman–Crippen MR) is 54.8 cm³/mol. The monoisotopic (exact) mass is 186 g/mol. The number of piperidine rings is 1. The standard InChI is InChI=1S/C10H22N2O/c1-12(2)8-6-10(9-13)5-3-4-7-11-10/h11,13H,3-9H2,1-2H3. The molecule has 0 saturated carbocycles. The Hall–Kier alpha value is -0.120. The third-order valence-electron chi connectivity index (χ3n) is 2.92. The molecule has 3 nitrogen and oxygen atoms in total. The van der Waals surface area contributed by atoms with Gasteiger partial charge in [-0.2, -0.15) is 0 Å². The molecule has 13 heavy (non-hydrogen) atoms. The van der Waals surface area contributed by atoms with Crippen molar-refractivity contribution < 1.29 is 5.11 Å². The Labute approximate surface area is 81.1 Å². The Balaban J connectivity index is 2.38. The van der Waals surface area contributed by atoms with Gasteiger partial charge in [0.15, 0.2) is 0 Å². The van der Waals surface area contributed by atoms with Crippen molar-refractivity contribution in [2.45, 2.75) is 31.2 Å². The minimum Gasteiger partial charge on any atom is -0.394 e. The fourth-order valence-electron chi connectivity index (χ4n) is 1.90. The molecule has 1 heterocycles. The minimum absolute atomic E-state index is 0.0164. The Kier molecular flexibility index (Phi) is 4.16. The molecule has 2 N–H and O–H groups in total. The molecule has 78 valence electrons. The van der Waals surface area contributed by atoms with Gasteiger partial charge < -0.3 is 15.3 Å². The highest BCUT2D eigenvalue weighted by atomic mass is 16.3. The number of nitrogens with one attached hydrogen (secondary N) is 1. The van der Waals surface area contributed by atoms with E-state index in [1.54, 1.807) is 0 Å². The molecule has 1 unspecified atom stereocenters. The third kappa shape index (κ3) is 3.25. The van der Waals surface area contributed by atoms with Crippen LogP contribution in [-0.4, -0.2) is 49.3 Å². The minimum atomic E-state index is 0.0164. The van der Waals surface area contributed by atoms with Gasteiger partial charge in [-0.1, -0.05) is 6.42 Å². The van der Waals surface area contributed by atoms with Gasteiger partial charge in [0.25, 0.3) is 0 Å². The Morgan fingerprint density at radius 3 is 2.62 bits per heavy atom. The lowest BCUT2D eigenvalue weighted by molar-refractivity contribution is 0.115. The molecule has 0 aromatic heterocycles. The van der Waals surface area contributed by atoms with Crippen LogP contribution >= 0.6 is 0 Å². The second-order valence-corrected chi connectivity index (χ2v) is 4.38. The zero-order valence-electron chi connectivity index (χ0n) is 8.84. The SMILES string of the molecule is CN(C)CCC1(CO)CCCCN1. The third-order valence-corrected chi connectivity index (χ3v) is 2.92. The molecule has 0 amide bonds. The van der Waals surface area contributed by atoms with E-state index in [-0.39, 0.29) is 12.1 Å². The van der Waals surface area contributed by atoms with Crippen molar-refractivity contribution in [1.82, 2.24) is 10.2 Å². The van der Waals surface area contributed by atoms with Crippen LogP contribution < -0.4 is 5.32 Å². The summed E-state index contributed by atoms with van der Waals surface area (Å²) in [6.45, 7) is 2.39. The summed E-state index contributed by atoms with van der Waals surface area (Å²) in [7, 11) is 4.15. The second-order valence-electron chi connectivity index (χ2n) is 4.38. The molecule has 1 aliphatic rings. The molecule has 0 aliphatic carbocycles. The van der Waals surface area contributed by atoms with Gasteiger partial charge in [-0.15, -0.1) is 0 Å². The zero-order chi connectivity index (χ0) is 9.73. The van der Waals surface area contributed by atoms with E-state index in [9.17, 15) is 5.11 Å². The molecular formula is C10H22N2O. The summed E-state index contributed by atoms with van der Waals surface area (Å²) in [6, 6.07) is 0. The van der Waals surface area contributed by atoms with Gasteiger partial charge in [0, 0.05) is 5.54 Å². The molecule has 0 aromatic carbocycles. The van der Waals surface area contributed by atoms with Gasteiger partial charge in [0.2, 0.25) is 0 Å². The lowest BCUT2D eigenvalue weighted by Gasteiger charge is -2.37. The smallest absolute Gasteiger partial charge is 0.0613 e. The van der Waals surface area contributed by atoms with Gasteiger partial charge in [-0.3, -0.25) is 0 Å². The summed E-state index contributed by atoms with van der Waals surface area (Å²) in [5, 5.41) is 12.8. The molecule has 1 fully saturated rings. The van der Waals surface area contributed by atoms with Crippen molar-refractivity contribution in [3.8, 4) is 0 Å². The van der Waals surface area contributed by atoms with E-state index in [4.69, 9.17) is 0 Å². The number of rotatable bonds is 4. The van der Waals surface area contributed by atoms with Crippen LogP contribution in [0, 0.1) is 0 Å². The summed E-state index contributed by atoms with van der Waals surface area (Å²) in [5.41, 5.74) is 0.0164. The second kappa shape index (κ2) is 4.94. The molecule has 1 atom stereocenters. The van der Waals surface area contributed by atoms with Crippen LogP contribution in [0.4, 0.5) is 0 Å². The molecule has 1 saturated heterocycles. The first-order chi connectivity index (χ1) is 6.18. The topological polar surface area (TPSA) is 35.5 Å². The van der Waals surface area contributed by atoms with Crippen molar-refractivity contribution in [3.05, 3.63) is 0 Å². The van der Waals surface area contributed by atoms with E-state index >= 15 is 0 Å². The van der Waals surface area contributed by atoms with Gasteiger partial charge in [-0.05, 0) is 46.4 Å². The molecule has 3 heteroatoms. The fraction of sp³-hybridized carbons (Fsp3) is 1.00. The molecular weight excluding hydrogens is 164 g/mol. The van der Waals surface area contributed by atoms with Crippen molar-refractivity contribution >= 4 is 0 Å². The Morgan fingerprint density at radius 1 is 1.38 bits per heavy atom. The first kappa shape index (κ1) is 11.0. The van der Waals surface area contributed by atoms with Crippen LogP contribution in [0.25, 0.3) is 0 Å². The Bertz CT molecular complexity index is 142. The van der Waals surface area contributed by atoms with Gasteiger partial charge in [-0.25, -0.2) is 0 Å². The van der Waals surface area contributed by atoms with E-state index in [1.165, 1.54) is 12.8 Å². The highest BCUT2D eigenvalue weighted by Crippen LogP contribution is 2.22. The summed E-state index contributed by atoms with van der Waals surface area (Å²) >= 11 is 0. The summed E-state index contributed by atoms with van der Waals surface area (Å²) in [6.07, 6.45) is 4.68. The zero-order valence-corrected chi connectivity index (χ0v) is 8.84. The lowest BCUT2D eigenvalue weighted by Crippen LogP contribution is -2.52. The first-order valence-electron chi connectivity index (χ1n) is 5.19. The number of aliphatic hydroxyl groups is 1. The van der Waals surface area contributed by atoms with Crippen LogP contribution in [0.15, 0.2) is 0 Å². The van der Waals surface area contributed by atoms with E-state index in [1.807, 2.05) is 0 Å². The molecule has 0 bridgehead atoms. The average Bonchev–Trinajstić information content (AvgIpc) is 2.16. The van der Waals surface area contributed by atoms with E-state index in [0.717, 1.165) is 25.9 Å². The summed E-state index contributed by atoms with van der Waals surface area (Å²) in [5.74, 6) is 0. The molecule has 0 spiro atoms. The molecule has 1 rings (SSSR count).